The Morgan fingerprint density at radius 2 is 2.22 bits per heavy atom. The summed E-state index contributed by atoms with van der Waals surface area (Å²) in [5, 5.41) is 6.99. The molecule has 8 heteroatoms. The fraction of sp³-hybridized carbons (Fsp3) is 0.421. The number of ether oxygens (including phenoxy) is 2. The van der Waals surface area contributed by atoms with Gasteiger partial charge < -0.3 is 19.7 Å². The number of para-hydroxylation sites is 1. The van der Waals surface area contributed by atoms with Gasteiger partial charge in [-0.2, -0.15) is 5.10 Å². The third-order valence-corrected chi connectivity index (χ3v) is 4.61. The molecular weight excluding hydrogens is 348 g/mol. The molecule has 1 aromatic carbocycles. The lowest BCUT2D eigenvalue weighted by molar-refractivity contribution is -0.136. The number of anilines is 1. The number of aryl methyl sites for hydroxylation is 1. The molecule has 27 heavy (non-hydrogen) atoms. The minimum atomic E-state index is -0.558. The molecule has 1 aliphatic heterocycles. The van der Waals surface area contributed by atoms with Gasteiger partial charge in [-0.1, -0.05) is 12.1 Å². The summed E-state index contributed by atoms with van der Waals surface area (Å²) >= 11 is 0. The molecule has 0 saturated carbocycles. The van der Waals surface area contributed by atoms with Crippen LogP contribution in [0.2, 0.25) is 0 Å². The van der Waals surface area contributed by atoms with Gasteiger partial charge in [-0.25, -0.2) is 0 Å². The summed E-state index contributed by atoms with van der Waals surface area (Å²) in [5.74, 6) is -0.315. The Bertz CT molecular complexity index is 833. The molecule has 0 bridgehead atoms. The smallest absolute Gasteiger partial charge is 0.231 e. The molecule has 1 aromatic heterocycles. The van der Waals surface area contributed by atoms with Crippen LogP contribution in [-0.4, -0.2) is 53.9 Å². The van der Waals surface area contributed by atoms with Crippen molar-refractivity contribution in [2.45, 2.75) is 18.9 Å². The molecule has 144 valence electrons. The van der Waals surface area contributed by atoms with Crippen LogP contribution in [0.5, 0.6) is 5.75 Å². The molecule has 1 aliphatic rings. The number of hydrogen-bond acceptors (Lipinski definition) is 5. The van der Waals surface area contributed by atoms with Gasteiger partial charge in [-0.15, -0.1) is 0 Å². The summed E-state index contributed by atoms with van der Waals surface area (Å²) in [5.41, 5.74) is 2.27. The van der Waals surface area contributed by atoms with Crippen molar-refractivity contribution in [2.24, 2.45) is 7.05 Å². The van der Waals surface area contributed by atoms with Gasteiger partial charge in [0.25, 0.3) is 0 Å². The standard InChI is InChI=1S/C19H24N4O4/c1-22-11-13(10-20-22)12-23(7-8-26-2)19(25)15-9-17(24)21-18-14(15)5-4-6-16(18)27-3/h4-6,10-11,15H,7-9,12H2,1-3H3,(H,21,24)/t15-/m1/s1. The van der Waals surface area contributed by atoms with Crippen LogP contribution in [0.15, 0.2) is 30.6 Å². The van der Waals surface area contributed by atoms with Crippen LogP contribution >= 0.6 is 0 Å². The molecule has 0 saturated heterocycles. The monoisotopic (exact) mass is 372 g/mol. The van der Waals surface area contributed by atoms with Gasteiger partial charge in [-0.05, 0) is 11.6 Å². The summed E-state index contributed by atoms with van der Waals surface area (Å²) in [6, 6.07) is 5.46. The van der Waals surface area contributed by atoms with Crippen LogP contribution in [0.3, 0.4) is 0 Å². The zero-order valence-corrected chi connectivity index (χ0v) is 15.8. The second-order valence-corrected chi connectivity index (χ2v) is 6.50. The second kappa shape index (κ2) is 8.22. The van der Waals surface area contributed by atoms with Crippen LogP contribution in [0.4, 0.5) is 5.69 Å². The fourth-order valence-electron chi connectivity index (χ4n) is 3.31. The van der Waals surface area contributed by atoms with E-state index in [1.807, 2.05) is 25.4 Å². The number of nitrogens with one attached hydrogen (secondary N) is 1. The van der Waals surface area contributed by atoms with Crippen molar-refractivity contribution in [1.29, 1.82) is 0 Å². The van der Waals surface area contributed by atoms with Crippen LogP contribution in [-0.2, 0) is 27.9 Å². The maximum Gasteiger partial charge on any atom is 0.231 e. The van der Waals surface area contributed by atoms with E-state index in [4.69, 9.17) is 9.47 Å². The van der Waals surface area contributed by atoms with E-state index in [2.05, 4.69) is 10.4 Å². The predicted octanol–water partition coefficient (Wildman–Crippen LogP) is 1.53. The number of fused-ring (bicyclic) bond motifs is 1. The van der Waals surface area contributed by atoms with Crippen LogP contribution in [0.25, 0.3) is 0 Å². The van der Waals surface area contributed by atoms with Gasteiger partial charge in [0.1, 0.15) is 5.75 Å². The number of nitrogens with zero attached hydrogens (tertiary/aromatic N) is 3. The Morgan fingerprint density at radius 3 is 2.89 bits per heavy atom. The average Bonchev–Trinajstić information content (AvgIpc) is 3.08. The number of carbonyl (C=O) groups excluding carboxylic acids is 2. The molecule has 0 unspecified atom stereocenters. The van der Waals surface area contributed by atoms with Crippen molar-refractivity contribution in [1.82, 2.24) is 14.7 Å². The molecule has 0 radical (unpaired) electrons. The lowest BCUT2D eigenvalue weighted by atomic mass is 9.88. The Hall–Kier alpha value is -2.87. The third kappa shape index (κ3) is 4.11. The lowest BCUT2D eigenvalue weighted by Crippen LogP contribution is -2.40. The number of rotatable bonds is 7. The van der Waals surface area contributed by atoms with Gasteiger partial charge in [-0.3, -0.25) is 14.3 Å². The Kier molecular flexibility index (Phi) is 5.75. The van der Waals surface area contributed by atoms with Crippen LogP contribution in [0.1, 0.15) is 23.5 Å². The third-order valence-electron chi connectivity index (χ3n) is 4.61. The van der Waals surface area contributed by atoms with Crippen molar-refractivity contribution in [3.05, 3.63) is 41.7 Å². The summed E-state index contributed by atoms with van der Waals surface area (Å²) in [4.78, 5) is 27.3. The van der Waals surface area contributed by atoms with Gasteiger partial charge in [0, 0.05) is 45.4 Å². The molecular formula is C19H24N4O4. The van der Waals surface area contributed by atoms with E-state index in [9.17, 15) is 9.59 Å². The highest BCUT2D eigenvalue weighted by molar-refractivity contribution is 6.02. The number of methoxy groups -OCH3 is 2. The van der Waals surface area contributed by atoms with Crippen molar-refractivity contribution >= 4 is 17.5 Å². The molecule has 2 amide bonds. The maximum atomic E-state index is 13.3. The molecule has 2 aromatic rings. The van der Waals surface area contributed by atoms with E-state index in [1.54, 1.807) is 36.1 Å². The first-order valence-corrected chi connectivity index (χ1v) is 8.75. The zero-order chi connectivity index (χ0) is 19.4. The number of carbonyl (C=O) groups is 2. The second-order valence-electron chi connectivity index (χ2n) is 6.50. The van der Waals surface area contributed by atoms with Gasteiger partial charge >= 0.3 is 0 Å². The highest BCUT2D eigenvalue weighted by atomic mass is 16.5. The molecule has 1 atom stereocenters. The zero-order valence-electron chi connectivity index (χ0n) is 15.8. The molecule has 8 nitrogen and oxygen atoms in total. The van der Waals surface area contributed by atoms with Crippen LogP contribution in [0, 0.1) is 0 Å². The Balaban J connectivity index is 1.90. The van der Waals surface area contributed by atoms with Crippen molar-refractivity contribution < 1.29 is 19.1 Å². The lowest BCUT2D eigenvalue weighted by Gasteiger charge is -2.31. The first-order chi connectivity index (χ1) is 13.0. The van der Waals surface area contributed by atoms with Crippen molar-refractivity contribution in [3.8, 4) is 5.75 Å². The topological polar surface area (TPSA) is 85.7 Å². The molecule has 0 fully saturated rings. The maximum absolute atomic E-state index is 13.3. The Morgan fingerprint density at radius 1 is 1.41 bits per heavy atom. The Labute approximate surface area is 158 Å². The van der Waals surface area contributed by atoms with E-state index in [1.165, 1.54) is 0 Å². The molecule has 1 N–H and O–H groups in total. The first-order valence-electron chi connectivity index (χ1n) is 8.75. The number of aromatic nitrogens is 2. The normalized spacial score (nSPS) is 15.8. The average molecular weight is 372 g/mol. The largest absolute Gasteiger partial charge is 0.495 e. The van der Waals surface area contributed by atoms with Crippen LogP contribution < -0.4 is 10.1 Å². The highest BCUT2D eigenvalue weighted by Crippen LogP contribution is 2.39. The molecule has 2 heterocycles. The van der Waals surface area contributed by atoms with Gasteiger partial charge in [0.2, 0.25) is 11.8 Å². The first kappa shape index (κ1) is 18.9. The SMILES string of the molecule is COCCN(Cc1cnn(C)c1)C(=O)[C@@H]1CC(=O)Nc2c(OC)cccc21. The summed E-state index contributed by atoms with van der Waals surface area (Å²) in [6.07, 6.45) is 3.71. The number of benzene rings is 1. The van der Waals surface area contributed by atoms with E-state index in [0.29, 0.717) is 31.1 Å². The van der Waals surface area contributed by atoms with E-state index in [0.717, 1.165) is 11.1 Å². The van der Waals surface area contributed by atoms with Gasteiger partial charge in [0.15, 0.2) is 0 Å². The van der Waals surface area contributed by atoms with Gasteiger partial charge in [0.05, 0.1) is 31.5 Å². The molecule has 0 spiro atoms. The number of hydrogen-bond donors (Lipinski definition) is 1. The van der Waals surface area contributed by atoms with Crippen molar-refractivity contribution in [2.75, 3.05) is 32.7 Å². The quantitative estimate of drug-likeness (QED) is 0.797. The summed E-state index contributed by atoms with van der Waals surface area (Å²) in [6.45, 7) is 1.25. The minimum Gasteiger partial charge on any atom is -0.495 e. The molecule has 3 rings (SSSR count). The number of amides is 2. The minimum absolute atomic E-state index is 0.107. The predicted molar refractivity (Wildman–Crippen MR) is 99.5 cm³/mol. The highest BCUT2D eigenvalue weighted by Gasteiger charge is 2.34. The van der Waals surface area contributed by atoms with E-state index in [-0.39, 0.29) is 18.2 Å². The van der Waals surface area contributed by atoms with E-state index >= 15 is 0 Å². The summed E-state index contributed by atoms with van der Waals surface area (Å²) in [7, 11) is 4.97. The fourth-order valence-corrected chi connectivity index (χ4v) is 3.31. The molecule has 0 aliphatic carbocycles. The van der Waals surface area contributed by atoms with E-state index < -0.39 is 5.92 Å². The summed E-state index contributed by atoms with van der Waals surface area (Å²) < 4.78 is 12.2. The van der Waals surface area contributed by atoms with Crippen molar-refractivity contribution in [3.63, 3.8) is 0 Å².